The van der Waals surface area contributed by atoms with Crippen LogP contribution in [-0.2, 0) is 37.5 Å². The summed E-state index contributed by atoms with van der Waals surface area (Å²) in [5, 5.41) is 18.3. The van der Waals surface area contributed by atoms with E-state index in [-0.39, 0.29) is 25.2 Å². The first-order chi connectivity index (χ1) is 25.1. The Morgan fingerprint density at radius 2 is 1.12 bits per heavy atom. The standard InChI is InChI=1S/C40H71O11P/c1-3-5-7-8-9-10-11-12-13-16-19-22-26-30-39(44)48-34-38(35-50-52(46,47)49-33-37(43)32-41)51-40(45)31-27-23-20-17-14-15-18-21-25-29-36(42)28-24-6-4-2/h10-11,18,21,25,29,37-38,41,43H,3-9,12-17,19-20,22-24,26-28,30-35H2,1-2H3,(H,46,47)/b11-10-,21-18-,29-25+/t37-,38+/m0/s1. The summed E-state index contributed by atoms with van der Waals surface area (Å²) < 4.78 is 32.5. The molecule has 0 aromatic carbocycles. The quantitative estimate of drug-likeness (QED) is 0.0138. The van der Waals surface area contributed by atoms with Crippen molar-refractivity contribution >= 4 is 25.5 Å². The van der Waals surface area contributed by atoms with E-state index in [1.807, 2.05) is 12.2 Å². The molecule has 0 aliphatic heterocycles. The fourth-order valence-corrected chi connectivity index (χ4v) is 5.87. The minimum absolute atomic E-state index is 0.131. The van der Waals surface area contributed by atoms with Gasteiger partial charge in [0.2, 0.25) is 0 Å². The highest BCUT2D eigenvalue weighted by atomic mass is 31.2. The van der Waals surface area contributed by atoms with Crippen LogP contribution in [0.2, 0.25) is 0 Å². The highest BCUT2D eigenvalue weighted by Crippen LogP contribution is 2.43. The van der Waals surface area contributed by atoms with Gasteiger partial charge in [-0.25, -0.2) is 4.57 Å². The summed E-state index contributed by atoms with van der Waals surface area (Å²) in [7, 11) is -4.64. The lowest BCUT2D eigenvalue weighted by Crippen LogP contribution is -2.29. The van der Waals surface area contributed by atoms with E-state index in [4.69, 9.17) is 19.1 Å². The smallest absolute Gasteiger partial charge is 0.462 e. The molecular weight excluding hydrogens is 687 g/mol. The lowest BCUT2D eigenvalue weighted by molar-refractivity contribution is -0.161. The van der Waals surface area contributed by atoms with Gasteiger partial charge < -0.3 is 24.6 Å². The van der Waals surface area contributed by atoms with E-state index in [2.05, 4.69) is 30.5 Å². The predicted molar refractivity (Wildman–Crippen MR) is 206 cm³/mol. The monoisotopic (exact) mass is 758 g/mol. The molecule has 1 unspecified atom stereocenters. The van der Waals surface area contributed by atoms with Gasteiger partial charge in [0, 0.05) is 19.3 Å². The maximum Gasteiger partial charge on any atom is 0.472 e. The predicted octanol–water partition coefficient (Wildman–Crippen LogP) is 9.18. The van der Waals surface area contributed by atoms with Crippen molar-refractivity contribution in [2.45, 2.75) is 174 Å². The van der Waals surface area contributed by atoms with Gasteiger partial charge in [-0.3, -0.25) is 23.4 Å². The van der Waals surface area contributed by atoms with Crippen LogP contribution in [0.5, 0.6) is 0 Å². The van der Waals surface area contributed by atoms with Gasteiger partial charge >= 0.3 is 19.8 Å². The number of ether oxygens (including phenoxy) is 2. The number of phosphoric acid groups is 1. The van der Waals surface area contributed by atoms with Crippen molar-refractivity contribution in [1.82, 2.24) is 0 Å². The van der Waals surface area contributed by atoms with Crippen LogP contribution in [-0.4, -0.2) is 71.5 Å². The molecule has 0 aromatic heterocycles. The van der Waals surface area contributed by atoms with Gasteiger partial charge in [-0.05, 0) is 63.9 Å². The Kier molecular flexibility index (Phi) is 34.4. The van der Waals surface area contributed by atoms with E-state index >= 15 is 0 Å². The number of hydrogen-bond donors (Lipinski definition) is 3. The number of carbonyl (C=O) groups is 3. The molecule has 3 N–H and O–H groups in total. The highest BCUT2D eigenvalue weighted by Gasteiger charge is 2.27. The third-order valence-corrected chi connectivity index (χ3v) is 9.19. The zero-order valence-electron chi connectivity index (χ0n) is 32.3. The number of unbranched alkanes of at least 4 members (excludes halogenated alkanes) is 16. The minimum Gasteiger partial charge on any atom is -0.462 e. The van der Waals surface area contributed by atoms with Crippen LogP contribution in [0, 0.1) is 0 Å². The molecule has 0 saturated carbocycles. The number of ketones is 1. The van der Waals surface area contributed by atoms with E-state index in [1.54, 1.807) is 12.2 Å². The van der Waals surface area contributed by atoms with Crippen LogP contribution in [0.1, 0.15) is 162 Å². The average molecular weight is 759 g/mol. The van der Waals surface area contributed by atoms with E-state index in [1.165, 1.54) is 25.7 Å². The summed E-state index contributed by atoms with van der Waals surface area (Å²) in [6.07, 6.45) is 30.9. The Bertz CT molecular complexity index is 1030. The van der Waals surface area contributed by atoms with E-state index < -0.39 is 51.8 Å². The normalized spacial score (nSPS) is 14.2. The molecule has 0 rings (SSSR count). The van der Waals surface area contributed by atoms with Crippen LogP contribution in [0.15, 0.2) is 36.5 Å². The molecule has 0 aliphatic rings. The average Bonchev–Trinajstić information content (AvgIpc) is 3.12. The molecule has 0 aromatic rings. The maximum absolute atomic E-state index is 12.6. The van der Waals surface area contributed by atoms with E-state index in [0.29, 0.717) is 19.3 Å². The van der Waals surface area contributed by atoms with Crippen molar-refractivity contribution in [3.05, 3.63) is 36.5 Å². The van der Waals surface area contributed by atoms with Crippen molar-refractivity contribution in [2.75, 3.05) is 26.4 Å². The molecule has 0 heterocycles. The van der Waals surface area contributed by atoms with Crippen LogP contribution in [0.25, 0.3) is 0 Å². The molecule has 0 bridgehead atoms. The molecule has 12 heteroatoms. The van der Waals surface area contributed by atoms with E-state index in [9.17, 15) is 28.9 Å². The number of carbonyl (C=O) groups excluding carboxylic acids is 3. The molecule has 11 nitrogen and oxygen atoms in total. The second-order valence-corrected chi connectivity index (χ2v) is 14.8. The van der Waals surface area contributed by atoms with Gasteiger partial charge in [0.1, 0.15) is 12.7 Å². The van der Waals surface area contributed by atoms with Gasteiger partial charge in [-0.1, -0.05) is 115 Å². The van der Waals surface area contributed by atoms with E-state index in [0.717, 1.165) is 89.9 Å². The lowest BCUT2D eigenvalue weighted by atomic mass is 10.1. The third-order valence-electron chi connectivity index (χ3n) is 8.24. The highest BCUT2D eigenvalue weighted by molar-refractivity contribution is 7.47. The van der Waals surface area contributed by atoms with Crippen molar-refractivity contribution in [3.8, 4) is 0 Å². The van der Waals surface area contributed by atoms with Gasteiger partial charge in [0.15, 0.2) is 11.9 Å². The first-order valence-electron chi connectivity index (χ1n) is 19.9. The number of phosphoric ester groups is 1. The summed E-state index contributed by atoms with van der Waals surface area (Å²) in [6, 6.07) is 0. The van der Waals surface area contributed by atoms with Crippen LogP contribution in [0.3, 0.4) is 0 Å². The number of allylic oxidation sites excluding steroid dienone is 6. The number of aliphatic hydroxyl groups excluding tert-OH is 2. The van der Waals surface area contributed by atoms with Gasteiger partial charge in [0.05, 0.1) is 19.8 Å². The Balaban J connectivity index is 4.44. The van der Waals surface area contributed by atoms with Gasteiger partial charge in [0.25, 0.3) is 0 Å². The van der Waals surface area contributed by atoms with Gasteiger partial charge in [-0.2, -0.15) is 0 Å². The number of rotatable bonds is 37. The molecule has 0 radical (unpaired) electrons. The topological polar surface area (TPSA) is 166 Å². The molecule has 0 amide bonds. The molecule has 52 heavy (non-hydrogen) atoms. The van der Waals surface area contributed by atoms with Gasteiger partial charge in [-0.15, -0.1) is 0 Å². The fraction of sp³-hybridized carbons (Fsp3) is 0.775. The Morgan fingerprint density at radius 3 is 1.73 bits per heavy atom. The first-order valence-corrected chi connectivity index (χ1v) is 21.4. The maximum atomic E-state index is 12.6. The molecule has 0 fully saturated rings. The number of esters is 2. The largest absolute Gasteiger partial charge is 0.472 e. The second-order valence-electron chi connectivity index (χ2n) is 13.3. The van der Waals surface area contributed by atoms with Crippen LogP contribution in [0.4, 0.5) is 0 Å². The Morgan fingerprint density at radius 1 is 0.615 bits per heavy atom. The molecular formula is C40H71O11P. The molecule has 0 saturated heterocycles. The Hall–Kier alpha value is -2.14. The summed E-state index contributed by atoms with van der Waals surface area (Å²) in [6.45, 7) is 2.13. The number of aliphatic hydroxyl groups is 2. The van der Waals surface area contributed by atoms with Crippen molar-refractivity contribution < 1.29 is 52.6 Å². The Labute approximate surface area is 314 Å². The molecule has 0 spiro atoms. The summed E-state index contributed by atoms with van der Waals surface area (Å²) in [5.41, 5.74) is 0. The molecule has 3 atom stereocenters. The van der Waals surface area contributed by atoms with Crippen LogP contribution < -0.4 is 0 Å². The first kappa shape index (κ1) is 49.9. The summed E-state index contributed by atoms with van der Waals surface area (Å²) in [5.74, 6) is -0.838. The lowest BCUT2D eigenvalue weighted by Gasteiger charge is -2.20. The van der Waals surface area contributed by atoms with Crippen LogP contribution >= 0.6 is 7.82 Å². The molecule has 0 aliphatic carbocycles. The number of hydrogen-bond acceptors (Lipinski definition) is 10. The second kappa shape index (κ2) is 35.9. The van der Waals surface area contributed by atoms with Crippen molar-refractivity contribution in [1.29, 1.82) is 0 Å². The minimum atomic E-state index is -4.64. The van der Waals surface area contributed by atoms with Crippen molar-refractivity contribution in [2.24, 2.45) is 0 Å². The summed E-state index contributed by atoms with van der Waals surface area (Å²) >= 11 is 0. The SMILES string of the molecule is CCCCCC/C=C\CCCCCCCC(=O)OC[C@H](COP(=O)(O)OC[C@@H](O)CO)OC(=O)CCCCCCC/C=C\C=C\C(=O)CCCCC. The zero-order chi connectivity index (χ0) is 38.5. The third kappa shape index (κ3) is 34.9. The zero-order valence-corrected chi connectivity index (χ0v) is 33.2. The molecule has 302 valence electrons. The van der Waals surface area contributed by atoms with Crippen molar-refractivity contribution in [3.63, 3.8) is 0 Å². The summed E-state index contributed by atoms with van der Waals surface area (Å²) in [4.78, 5) is 46.6. The fourth-order valence-electron chi connectivity index (χ4n) is 5.09.